The topological polar surface area (TPSA) is 89.5 Å². The number of carbonyl (C=O) groups is 2. The highest BCUT2D eigenvalue weighted by Gasteiger charge is 2.01. The number of carbonyl (C=O) groups excluding carboxylic acids is 2. The summed E-state index contributed by atoms with van der Waals surface area (Å²) in [6.45, 7) is 10.2. The van der Waals surface area contributed by atoms with Gasteiger partial charge in [-0.25, -0.2) is 4.79 Å². The van der Waals surface area contributed by atoms with E-state index in [0.29, 0.717) is 58.4 Å². The van der Waals surface area contributed by atoms with Crippen molar-refractivity contribution < 1.29 is 38.0 Å². The van der Waals surface area contributed by atoms with Crippen LogP contribution in [0.1, 0.15) is 13.8 Å². The van der Waals surface area contributed by atoms with E-state index >= 15 is 0 Å². The Labute approximate surface area is 143 Å². The van der Waals surface area contributed by atoms with E-state index in [0.717, 1.165) is 0 Å². The molecule has 0 rings (SSSR count). The summed E-state index contributed by atoms with van der Waals surface area (Å²) in [5.41, 5.74) is 0.369. The molecular weight excluding hydrogens is 320 g/mol. The van der Waals surface area contributed by atoms with Crippen molar-refractivity contribution in [2.45, 2.75) is 13.8 Å². The van der Waals surface area contributed by atoms with E-state index < -0.39 is 5.97 Å². The summed E-state index contributed by atoms with van der Waals surface area (Å²) < 4.78 is 30.6. The summed E-state index contributed by atoms with van der Waals surface area (Å²) in [6.07, 6.45) is 0. The third-order valence-corrected chi connectivity index (χ3v) is 2.46. The largest absolute Gasteiger partial charge is 0.463 e. The average molecular weight is 348 g/mol. The smallest absolute Gasteiger partial charge is 0.333 e. The highest BCUT2D eigenvalue weighted by molar-refractivity contribution is 5.86. The minimum atomic E-state index is -0.414. The molecule has 0 heterocycles. The van der Waals surface area contributed by atoms with E-state index in [1.165, 1.54) is 6.92 Å². The van der Waals surface area contributed by atoms with Crippen molar-refractivity contribution in [1.82, 2.24) is 0 Å². The molecule has 0 saturated carbocycles. The molecule has 0 N–H and O–H groups in total. The molecule has 24 heavy (non-hydrogen) atoms. The fourth-order valence-corrected chi connectivity index (χ4v) is 1.32. The molecule has 0 aromatic heterocycles. The second-order valence-corrected chi connectivity index (χ2v) is 4.71. The van der Waals surface area contributed by atoms with Crippen molar-refractivity contribution in [3.8, 4) is 0 Å². The number of hydrogen-bond donors (Lipinski definition) is 0. The molecule has 0 atom stereocenters. The molecule has 0 aliphatic carbocycles. The van der Waals surface area contributed by atoms with Crippen molar-refractivity contribution in [2.24, 2.45) is 0 Å². The molecule has 0 amide bonds. The summed E-state index contributed by atoms with van der Waals surface area (Å²) in [7, 11) is 0. The monoisotopic (exact) mass is 348 g/mol. The van der Waals surface area contributed by atoms with Gasteiger partial charge in [-0.3, -0.25) is 4.79 Å². The van der Waals surface area contributed by atoms with Crippen LogP contribution in [0.15, 0.2) is 12.2 Å². The molecule has 0 aromatic rings. The number of hydrogen-bond acceptors (Lipinski definition) is 8. The molecular formula is C16H28O8. The van der Waals surface area contributed by atoms with E-state index in [9.17, 15) is 9.59 Å². The van der Waals surface area contributed by atoms with Gasteiger partial charge in [-0.1, -0.05) is 6.58 Å². The maximum absolute atomic E-state index is 11.1. The van der Waals surface area contributed by atoms with Gasteiger partial charge in [0.1, 0.15) is 13.2 Å². The molecule has 0 aliphatic rings. The van der Waals surface area contributed by atoms with Crippen LogP contribution >= 0.6 is 0 Å². The summed E-state index contributed by atoms with van der Waals surface area (Å²) >= 11 is 0. The van der Waals surface area contributed by atoms with Gasteiger partial charge in [0.25, 0.3) is 0 Å². The van der Waals surface area contributed by atoms with Gasteiger partial charge in [0.15, 0.2) is 0 Å². The van der Waals surface area contributed by atoms with Crippen molar-refractivity contribution in [3.05, 3.63) is 12.2 Å². The quantitative estimate of drug-likeness (QED) is 0.229. The van der Waals surface area contributed by atoms with Crippen LogP contribution in [-0.4, -0.2) is 78.0 Å². The first-order valence-corrected chi connectivity index (χ1v) is 7.81. The Kier molecular flexibility index (Phi) is 15.4. The van der Waals surface area contributed by atoms with Gasteiger partial charge in [-0.2, -0.15) is 0 Å². The van der Waals surface area contributed by atoms with Crippen molar-refractivity contribution >= 4 is 11.9 Å². The maximum atomic E-state index is 11.1. The van der Waals surface area contributed by atoms with Gasteiger partial charge in [-0.15, -0.1) is 0 Å². The predicted molar refractivity (Wildman–Crippen MR) is 85.7 cm³/mol. The normalized spacial score (nSPS) is 10.4. The summed E-state index contributed by atoms with van der Waals surface area (Å²) in [5.74, 6) is -0.730. The van der Waals surface area contributed by atoms with E-state index in [2.05, 4.69) is 6.58 Å². The fourth-order valence-electron chi connectivity index (χ4n) is 1.32. The van der Waals surface area contributed by atoms with Crippen molar-refractivity contribution in [3.63, 3.8) is 0 Å². The van der Waals surface area contributed by atoms with Gasteiger partial charge in [0.2, 0.25) is 0 Å². The average Bonchev–Trinajstić information content (AvgIpc) is 2.53. The van der Waals surface area contributed by atoms with E-state index in [4.69, 9.17) is 28.4 Å². The van der Waals surface area contributed by atoms with Crippen LogP contribution in [-0.2, 0) is 38.0 Å². The molecule has 140 valence electrons. The first-order chi connectivity index (χ1) is 11.5. The van der Waals surface area contributed by atoms with E-state index in [-0.39, 0.29) is 19.2 Å². The van der Waals surface area contributed by atoms with Crippen LogP contribution in [0.25, 0.3) is 0 Å². The van der Waals surface area contributed by atoms with E-state index in [1.807, 2.05) is 0 Å². The standard InChI is InChI=1S/C16H28O8/c1-14(2)16(18)24-13-11-22-9-7-20-5-4-19-6-8-21-10-12-23-15(3)17/h1,4-13H2,2-3H3. The Morgan fingerprint density at radius 3 is 1.29 bits per heavy atom. The van der Waals surface area contributed by atoms with Crippen molar-refractivity contribution in [2.75, 3.05) is 66.1 Å². The lowest BCUT2D eigenvalue weighted by Gasteiger charge is -2.08. The Balaban J connectivity index is 3.09. The number of rotatable bonds is 16. The minimum absolute atomic E-state index is 0.201. The molecule has 0 unspecified atom stereocenters. The Morgan fingerprint density at radius 1 is 0.625 bits per heavy atom. The Morgan fingerprint density at radius 2 is 0.958 bits per heavy atom. The highest BCUT2D eigenvalue weighted by atomic mass is 16.6. The first-order valence-electron chi connectivity index (χ1n) is 7.81. The van der Waals surface area contributed by atoms with Crippen LogP contribution in [0.2, 0.25) is 0 Å². The molecule has 0 fully saturated rings. The molecule has 8 heteroatoms. The number of ether oxygens (including phenoxy) is 6. The second kappa shape index (κ2) is 16.4. The third-order valence-electron chi connectivity index (χ3n) is 2.46. The zero-order chi connectivity index (χ0) is 18.0. The van der Waals surface area contributed by atoms with Crippen molar-refractivity contribution in [1.29, 1.82) is 0 Å². The first kappa shape index (κ1) is 22.5. The van der Waals surface area contributed by atoms with Crippen LogP contribution in [0.5, 0.6) is 0 Å². The Bertz CT molecular complexity index is 356. The van der Waals surface area contributed by atoms with Gasteiger partial charge in [0.05, 0.1) is 52.9 Å². The molecule has 0 saturated heterocycles. The molecule has 8 nitrogen and oxygen atoms in total. The lowest BCUT2D eigenvalue weighted by Crippen LogP contribution is -2.15. The van der Waals surface area contributed by atoms with Gasteiger partial charge < -0.3 is 28.4 Å². The van der Waals surface area contributed by atoms with Crippen LogP contribution in [0.4, 0.5) is 0 Å². The van der Waals surface area contributed by atoms with Gasteiger partial charge in [0, 0.05) is 12.5 Å². The predicted octanol–water partition coefficient (Wildman–Crippen LogP) is 0.735. The zero-order valence-corrected chi connectivity index (χ0v) is 14.5. The fraction of sp³-hybridized carbons (Fsp3) is 0.750. The second-order valence-electron chi connectivity index (χ2n) is 4.71. The molecule has 0 aliphatic heterocycles. The molecule has 0 aromatic carbocycles. The molecule has 0 radical (unpaired) electrons. The van der Waals surface area contributed by atoms with Gasteiger partial charge in [-0.05, 0) is 6.92 Å². The summed E-state index contributed by atoms with van der Waals surface area (Å²) in [4.78, 5) is 21.5. The molecule has 0 bridgehead atoms. The lowest BCUT2D eigenvalue weighted by atomic mass is 10.4. The summed E-state index contributed by atoms with van der Waals surface area (Å²) in [6, 6.07) is 0. The minimum Gasteiger partial charge on any atom is -0.463 e. The highest BCUT2D eigenvalue weighted by Crippen LogP contribution is 1.91. The van der Waals surface area contributed by atoms with E-state index in [1.54, 1.807) is 6.92 Å². The number of esters is 2. The van der Waals surface area contributed by atoms with Crippen LogP contribution < -0.4 is 0 Å². The lowest BCUT2D eigenvalue weighted by molar-refractivity contribution is -0.143. The molecule has 0 spiro atoms. The van der Waals surface area contributed by atoms with Crippen LogP contribution in [0, 0.1) is 0 Å². The Hall–Kier alpha value is -1.48. The zero-order valence-electron chi connectivity index (χ0n) is 14.5. The van der Waals surface area contributed by atoms with Gasteiger partial charge >= 0.3 is 11.9 Å². The SMILES string of the molecule is C=C(C)C(=O)OCCOCCOCCOCCOCCOC(C)=O. The summed E-state index contributed by atoms with van der Waals surface area (Å²) in [5, 5.41) is 0. The third kappa shape index (κ3) is 16.9. The van der Waals surface area contributed by atoms with Crippen LogP contribution in [0.3, 0.4) is 0 Å². The maximum Gasteiger partial charge on any atom is 0.333 e.